The number of sulfonamides is 1. The van der Waals surface area contributed by atoms with Crippen molar-refractivity contribution in [2.24, 2.45) is 13.0 Å². The molecule has 3 rings (SSSR count). The largest absolute Gasteiger partial charge is 0.465 e. The first-order valence-corrected chi connectivity index (χ1v) is 9.91. The molecule has 2 saturated heterocycles. The molecule has 3 heterocycles. The second-order valence-electron chi connectivity index (χ2n) is 6.96. The normalized spacial score (nSPS) is 29.0. The summed E-state index contributed by atoms with van der Waals surface area (Å²) in [4.78, 5) is 17.4. The Balaban J connectivity index is 1.84. The van der Waals surface area contributed by atoms with Gasteiger partial charge in [-0.1, -0.05) is 6.42 Å². The van der Waals surface area contributed by atoms with Gasteiger partial charge >= 0.3 is 6.09 Å². The third-order valence-electron chi connectivity index (χ3n) is 5.25. The van der Waals surface area contributed by atoms with Gasteiger partial charge in [-0.2, -0.15) is 4.31 Å². The average molecular weight is 371 g/mol. The van der Waals surface area contributed by atoms with Crippen LogP contribution < -0.4 is 5.32 Å². The highest BCUT2D eigenvalue weighted by Gasteiger charge is 2.45. The number of piperidine rings is 1. The maximum absolute atomic E-state index is 12.9. The molecular weight excluding hydrogens is 346 g/mol. The van der Waals surface area contributed by atoms with Crippen LogP contribution in [0.5, 0.6) is 0 Å². The number of aromatic nitrogens is 2. The Morgan fingerprint density at radius 1 is 1.32 bits per heavy atom. The Morgan fingerprint density at radius 2 is 2.08 bits per heavy atom. The zero-order valence-electron chi connectivity index (χ0n) is 14.5. The fourth-order valence-corrected chi connectivity index (χ4v) is 5.45. The molecule has 3 atom stereocenters. The molecule has 2 aliphatic rings. The summed E-state index contributed by atoms with van der Waals surface area (Å²) in [5.41, 5.74) is 0. The van der Waals surface area contributed by atoms with Crippen LogP contribution in [0.3, 0.4) is 0 Å². The van der Waals surface area contributed by atoms with Crippen molar-refractivity contribution in [3.63, 3.8) is 0 Å². The van der Waals surface area contributed by atoms with E-state index >= 15 is 0 Å². The van der Waals surface area contributed by atoms with Gasteiger partial charge in [0.15, 0.2) is 5.03 Å². The second kappa shape index (κ2) is 6.93. The quantitative estimate of drug-likeness (QED) is 0.781. The monoisotopic (exact) mass is 371 g/mol. The van der Waals surface area contributed by atoms with Crippen molar-refractivity contribution in [1.29, 1.82) is 0 Å². The molecule has 9 nitrogen and oxygen atoms in total. The van der Waals surface area contributed by atoms with E-state index in [0.29, 0.717) is 6.54 Å². The summed E-state index contributed by atoms with van der Waals surface area (Å²) in [5.74, 6) is -0.0695. The van der Waals surface area contributed by atoms with Crippen LogP contribution >= 0.6 is 0 Å². The number of likely N-dealkylation sites (tertiary alicyclic amines) is 1. The Labute approximate surface area is 147 Å². The minimum Gasteiger partial charge on any atom is -0.465 e. The first kappa shape index (κ1) is 18.2. The van der Waals surface area contributed by atoms with Crippen LogP contribution in [0.1, 0.15) is 19.3 Å². The molecule has 2 aliphatic heterocycles. The lowest BCUT2D eigenvalue weighted by atomic mass is 9.87. The van der Waals surface area contributed by atoms with E-state index in [1.807, 2.05) is 7.05 Å². The SMILES string of the molecule is CN1CCCC[C@@H]1C1CN(S(=O)(=O)c2cn(C)cn2)CC1NC(=O)O. The van der Waals surface area contributed by atoms with Gasteiger partial charge < -0.3 is 19.9 Å². The molecule has 0 saturated carbocycles. The molecule has 1 amide bonds. The highest BCUT2D eigenvalue weighted by atomic mass is 32.2. The summed E-state index contributed by atoms with van der Waals surface area (Å²) in [6.45, 7) is 1.40. The van der Waals surface area contributed by atoms with Crippen molar-refractivity contribution < 1.29 is 18.3 Å². The summed E-state index contributed by atoms with van der Waals surface area (Å²) >= 11 is 0. The number of hydrogen-bond donors (Lipinski definition) is 2. The van der Waals surface area contributed by atoms with Crippen molar-refractivity contribution in [2.45, 2.75) is 36.4 Å². The van der Waals surface area contributed by atoms with Gasteiger partial charge in [0.1, 0.15) is 0 Å². The number of imidazole rings is 1. The van der Waals surface area contributed by atoms with Gasteiger partial charge in [0.2, 0.25) is 0 Å². The smallest absolute Gasteiger partial charge is 0.404 e. The molecule has 0 spiro atoms. The number of carboxylic acid groups (broad SMARTS) is 1. The highest BCUT2D eigenvalue weighted by Crippen LogP contribution is 2.32. The van der Waals surface area contributed by atoms with Gasteiger partial charge in [0, 0.05) is 38.3 Å². The lowest BCUT2D eigenvalue weighted by Crippen LogP contribution is -2.50. The van der Waals surface area contributed by atoms with Crippen LogP contribution in [0.4, 0.5) is 4.79 Å². The molecule has 1 aromatic heterocycles. The third-order valence-corrected chi connectivity index (χ3v) is 6.96. The Morgan fingerprint density at radius 3 is 2.68 bits per heavy atom. The summed E-state index contributed by atoms with van der Waals surface area (Å²) in [6, 6.07) is -0.240. The van der Waals surface area contributed by atoms with Crippen LogP contribution in [0, 0.1) is 5.92 Å². The maximum atomic E-state index is 12.9. The Hall–Kier alpha value is -1.65. The van der Waals surface area contributed by atoms with Crippen LogP contribution in [0.2, 0.25) is 0 Å². The van der Waals surface area contributed by atoms with Gasteiger partial charge in [0.05, 0.1) is 12.4 Å². The minimum atomic E-state index is -3.73. The number of nitrogens with one attached hydrogen (secondary N) is 1. The highest BCUT2D eigenvalue weighted by molar-refractivity contribution is 7.89. The molecular formula is C15H25N5O4S. The fraction of sp³-hybridized carbons (Fsp3) is 0.733. The van der Waals surface area contributed by atoms with E-state index in [4.69, 9.17) is 5.11 Å². The van der Waals surface area contributed by atoms with Crippen molar-refractivity contribution in [3.05, 3.63) is 12.5 Å². The third kappa shape index (κ3) is 3.65. The van der Waals surface area contributed by atoms with Crippen molar-refractivity contribution in [3.8, 4) is 0 Å². The standard InChI is InChI=1S/C15H25N5O4S/c1-18-9-14(16-10-18)25(23,24)20-7-11(12(8-20)17-15(21)22)13-5-3-4-6-19(13)2/h9-13,17H,3-8H2,1-2H3,(H,21,22)/t11?,12?,13-/m1/s1. The summed E-state index contributed by atoms with van der Waals surface area (Å²) in [7, 11) is 0.0125. The number of hydrogen-bond acceptors (Lipinski definition) is 5. The molecule has 1 aromatic rings. The average Bonchev–Trinajstić information content (AvgIpc) is 3.15. The number of amides is 1. The molecule has 0 bridgehead atoms. The minimum absolute atomic E-state index is 0.00160. The van der Waals surface area contributed by atoms with Crippen molar-refractivity contribution in [1.82, 2.24) is 24.1 Å². The topological polar surface area (TPSA) is 108 Å². The number of aryl methyl sites for hydroxylation is 1. The Bertz CT molecular complexity index is 734. The summed E-state index contributed by atoms with van der Waals surface area (Å²) in [5, 5.41) is 11.7. The molecule has 2 N–H and O–H groups in total. The lowest BCUT2D eigenvalue weighted by molar-refractivity contribution is 0.119. The van der Waals surface area contributed by atoms with Gasteiger partial charge in [-0.05, 0) is 26.4 Å². The van der Waals surface area contributed by atoms with Crippen molar-refractivity contribution in [2.75, 3.05) is 26.7 Å². The van der Waals surface area contributed by atoms with E-state index in [1.165, 1.54) is 16.8 Å². The van der Waals surface area contributed by atoms with Crippen LogP contribution in [-0.4, -0.2) is 77.1 Å². The molecule has 0 aromatic carbocycles. The van der Waals surface area contributed by atoms with E-state index < -0.39 is 22.2 Å². The predicted molar refractivity (Wildman–Crippen MR) is 90.7 cm³/mol. The van der Waals surface area contributed by atoms with Crippen LogP contribution in [0.15, 0.2) is 17.6 Å². The van der Waals surface area contributed by atoms with E-state index in [9.17, 15) is 13.2 Å². The van der Waals surface area contributed by atoms with Gasteiger partial charge in [0.25, 0.3) is 10.0 Å². The van der Waals surface area contributed by atoms with Gasteiger partial charge in [-0.15, -0.1) is 0 Å². The molecule has 25 heavy (non-hydrogen) atoms. The van der Waals surface area contributed by atoms with Crippen LogP contribution in [0.25, 0.3) is 0 Å². The van der Waals surface area contributed by atoms with E-state index in [2.05, 4.69) is 15.2 Å². The first-order chi connectivity index (χ1) is 11.8. The number of nitrogens with zero attached hydrogens (tertiary/aromatic N) is 4. The predicted octanol–water partition coefficient (Wildman–Crippen LogP) is 0.161. The molecule has 140 valence electrons. The zero-order chi connectivity index (χ0) is 18.2. The number of rotatable bonds is 4. The molecule has 2 fully saturated rings. The van der Waals surface area contributed by atoms with E-state index in [1.54, 1.807) is 11.6 Å². The Kier molecular flexibility index (Phi) is 5.03. The van der Waals surface area contributed by atoms with Gasteiger partial charge in [-0.3, -0.25) is 0 Å². The van der Waals surface area contributed by atoms with Crippen LogP contribution in [-0.2, 0) is 17.1 Å². The van der Waals surface area contributed by atoms with Gasteiger partial charge in [-0.25, -0.2) is 18.2 Å². The second-order valence-corrected chi connectivity index (χ2v) is 8.85. The molecule has 10 heteroatoms. The fourth-order valence-electron chi connectivity index (χ4n) is 3.99. The first-order valence-electron chi connectivity index (χ1n) is 8.47. The number of carbonyl (C=O) groups is 1. The summed E-state index contributed by atoms with van der Waals surface area (Å²) < 4.78 is 28.7. The maximum Gasteiger partial charge on any atom is 0.404 e. The molecule has 0 aliphatic carbocycles. The molecule has 2 unspecified atom stereocenters. The van der Waals surface area contributed by atoms with E-state index in [0.717, 1.165) is 25.8 Å². The van der Waals surface area contributed by atoms with Crippen molar-refractivity contribution >= 4 is 16.1 Å². The zero-order valence-corrected chi connectivity index (χ0v) is 15.3. The van der Waals surface area contributed by atoms with E-state index in [-0.39, 0.29) is 23.5 Å². The lowest BCUT2D eigenvalue weighted by Gasteiger charge is -2.38. The summed E-state index contributed by atoms with van der Waals surface area (Å²) in [6.07, 6.45) is 4.95. The molecule has 0 radical (unpaired) electrons.